The topological polar surface area (TPSA) is 171 Å². The van der Waals surface area contributed by atoms with E-state index >= 15 is 0 Å². The molecule has 288 valence electrons. The molecule has 12 nitrogen and oxygen atoms in total. The Bertz CT molecular complexity index is 1730. The van der Waals surface area contributed by atoms with E-state index in [4.69, 9.17) is 12.8 Å². The highest BCUT2D eigenvalue weighted by atomic mass is 32.2. The number of likely N-dealkylation sites (tertiary alicyclic amines) is 1. The maximum Gasteiger partial charge on any atom is 0.315 e. The van der Waals surface area contributed by atoms with Crippen LogP contribution in [0.5, 0.6) is 0 Å². The average Bonchev–Trinajstić information content (AvgIpc) is 3.38. The first-order valence-corrected chi connectivity index (χ1v) is 20.3. The summed E-state index contributed by atoms with van der Waals surface area (Å²) in [6, 6.07) is 5.00. The van der Waals surface area contributed by atoms with Crippen LogP contribution in [-0.2, 0) is 34.8 Å². The predicted molar refractivity (Wildman–Crippen MR) is 202 cm³/mol. The number of hydrogen-bond donors (Lipinski definition) is 4. The number of carbonyl (C=O) groups is 5. The van der Waals surface area contributed by atoms with Crippen molar-refractivity contribution in [3.05, 3.63) is 35.9 Å². The fraction of sp³-hybridized carbons (Fsp3) is 0.625. The van der Waals surface area contributed by atoms with Gasteiger partial charge in [0.15, 0.2) is 9.84 Å². The fourth-order valence-corrected chi connectivity index (χ4v) is 10.1. The summed E-state index contributed by atoms with van der Waals surface area (Å²) in [5, 5.41) is 11.1. The van der Waals surface area contributed by atoms with Gasteiger partial charge in [-0.15, -0.1) is 24.7 Å². The number of piperidine rings is 1. The number of carbonyl (C=O) groups excluding carboxylic acids is 5. The summed E-state index contributed by atoms with van der Waals surface area (Å²) in [6.45, 7) is 9.82. The number of terminal acetylenes is 2. The first-order valence-electron chi connectivity index (χ1n) is 18.5. The molecule has 53 heavy (non-hydrogen) atoms. The van der Waals surface area contributed by atoms with Gasteiger partial charge in [-0.25, -0.2) is 13.2 Å². The molecule has 0 aromatic heterocycles. The Morgan fingerprint density at radius 3 is 2.21 bits per heavy atom. The van der Waals surface area contributed by atoms with Crippen molar-refractivity contribution in [1.82, 2.24) is 26.2 Å². The highest BCUT2D eigenvalue weighted by Gasteiger charge is 2.70. The van der Waals surface area contributed by atoms with E-state index in [9.17, 15) is 32.4 Å². The zero-order valence-electron chi connectivity index (χ0n) is 31.6. The molecule has 3 fully saturated rings. The first kappa shape index (κ1) is 41.4. The summed E-state index contributed by atoms with van der Waals surface area (Å²) in [5.41, 5.74) is -1.40. The Morgan fingerprint density at radius 1 is 0.962 bits per heavy atom. The van der Waals surface area contributed by atoms with Gasteiger partial charge in [0.2, 0.25) is 17.6 Å². The van der Waals surface area contributed by atoms with Gasteiger partial charge in [-0.05, 0) is 47.5 Å². The van der Waals surface area contributed by atoms with Gasteiger partial charge in [-0.1, -0.05) is 84.2 Å². The molecule has 4 N–H and O–H groups in total. The summed E-state index contributed by atoms with van der Waals surface area (Å²) in [4.78, 5) is 69.7. The van der Waals surface area contributed by atoms with E-state index in [-0.39, 0.29) is 61.1 Å². The minimum Gasteiger partial charge on any atom is -0.348 e. The smallest absolute Gasteiger partial charge is 0.315 e. The van der Waals surface area contributed by atoms with Gasteiger partial charge in [-0.2, -0.15) is 0 Å². The number of fused-ring (bicyclic) bond motifs is 1. The second-order valence-corrected chi connectivity index (χ2v) is 18.6. The van der Waals surface area contributed by atoms with Crippen LogP contribution >= 0.6 is 0 Å². The number of ketones is 1. The summed E-state index contributed by atoms with van der Waals surface area (Å²) >= 11 is 0. The van der Waals surface area contributed by atoms with Gasteiger partial charge in [0.1, 0.15) is 12.1 Å². The maximum absolute atomic E-state index is 14.5. The van der Waals surface area contributed by atoms with Gasteiger partial charge in [0, 0.05) is 25.9 Å². The fourth-order valence-electron chi connectivity index (χ4n) is 8.12. The quantitative estimate of drug-likeness (QED) is 0.121. The van der Waals surface area contributed by atoms with Crippen molar-refractivity contribution in [2.24, 2.45) is 22.7 Å². The van der Waals surface area contributed by atoms with E-state index in [1.54, 1.807) is 45.0 Å². The lowest BCUT2D eigenvalue weighted by atomic mass is 9.83. The van der Waals surface area contributed by atoms with Crippen LogP contribution in [-0.4, -0.2) is 85.4 Å². The van der Waals surface area contributed by atoms with E-state index in [0.29, 0.717) is 18.4 Å². The molecule has 2 aliphatic carbocycles. The zero-order valence-corrected chi connectivity index (χ0v) is 32.4. The second kappa shape index (κ2) is 16.8. The number of hydrogen-bond acceptors (Lipinski definition) is 7. The number of nitrogens with zero attached hydrogens (tertiary/aromatic N) is 1. The normalized spacial score (nSPS) is 22.5. The number of amides is 5. The van der Waals surface area contributed by atoms with Gasteiger partial charge in [-0.3, -0.25) is 19.2 Å². The SMILES string of the molecule is C#CCCNC(=O)C(=O)C(CCC#C)NC(=O)[C@@H]1C2[C@@H](CN1C(=O)[C@@H](NC(=O)NC1(CS(=O)(=O)Cc3ccccc3)CCCCC1)C(C)(C)C)C2(C)C. The van der Waals surface area contributed by atoms with Crippen LogP contribution in [0.4, 0.5) is 4.79 Å². The molecule has 0 bridgehead atoms. The monoisotopic (exact) mass is 749 g/mol. The van der Waals surface area contributed by atoms with Crippen LogP contribution in [0.3, 0.4) is 0 Å². The van der Waals surface area contributed by atoms with Gasteiger partial charge in [0.25, 0.3) is 5.91 Å². The lowest BCUT2D eigenvalue weighted by Gasteiger charge is -2.40. The number of urea groups is 1. The number of nitrogens with one attached hydrogen (secondary N) is 4. The molecule has 2 saturated carbocycles. The highest BCUT2D eigenvalue weighted by molar-refractivity contribution is 7.90. The van der Waals surface area contributed by atoms with E-state index in [1.807, 2.05) is 19.9 Å². The Kier molecular flexibility index (Phi) is 13.1. The Hall–Kier alpha value is -4.36. The summed E-state index contributed by atoms with van der Waals surface area (Å²) < 4.78 is 26.9. The van der Waals surface area contributed by atoms with Crippen molar-refractivity contribution in [1.29, 1.82) is 0 Å². The number of Topliss-reactive ketones (excluding diaryl/α,β-unsaturated/α-hetero) is 1. The average molecular weight is 750 g/mol. The molecule has 0 radical (unpaired) electrons. The van der Waals surface area contributed by atoms with Gasteiger partial charge < -0.3 is 26.2 Å². The van der Waals surface area contributed by atoms with Crippen molar-refractivity contribution in [3.8, 4) is 24.7 Å². The third-order valence-electron chi connectivity index (χ3n) is 11.1. The predicted octanol–water partition coefficient (Wildman–Crippen LogP) is 3.11. The molecule has 1 heterocycles. The van der Waals surface area contributed by atoms with E-state index in [0.717, 1.165) is 19.3 Å². The zero-order chi connectivity index (χ0) is 39.2. The largest absolute Gasteiger partial charge is 0.348 e. The van der Waals surface area contributed by atoms with Crippen molar-refractivity contribution in [2.45, 2.75) is 115 Å². The molecule has 0 spiro atoms. The molecule has 5 amide bonds. The van der Waals surface area contributed by atoms with Crippen LogP contribution in [0.15, 0.2) is 30.3 Å². The Morgan fingerprint density at radius 2 is 1.60 bits per heavy atom. The molecule has 1 saturated heterocycles. The summed E-state index contributed by atoms with van der Waals surface area (Å²) in [5.74, 6) is 1.44. The molecular weight excluding hydrogens is 695 g/mol. The minimum absolute atomic E-state index is 0.00361. The molecule has 3 aliphatic rings. The lowest BCUT2D eigenvalue weighted by molar-refractivity contribution is -0.145. The standard InChI is InChI=1S/C40H55N5O7S/c1-8-10-20-29(32(46)35(48)41-23-11-9-2)42-34(47)31-30-28(39(30,6)7)24-45(31)36(49)33(38(3,4)5)43-37(50)44-40(21-16-13-17-22-40)26-53(51,52)25-27-18-14-12-15-19-27/h1-2,12,14-15,18-19,28-31,33H,10-11,13,16-17,20-26H2,3-7H3,(H,41,48)(H,42,47)(H2,43,44,50)/t28-,29?,30?,31+,33-/m1/s1. The second-order valence-electron chi connectivity index (χ2n) is 16.5. The number of rotatable bonds is 15. The lowest BCUT2D eigenvalue weighted by Crippen LogP contribution is -2.64. The Labute approximate surface area is 314 Å². The van der Waals surface area contributed by atoms with Crippen molar-refractivity contribution < 1.29 is 32.4 Å². The van der Waals surface area contributed by atoms with Crippen molar-refractivity contribution in [2.75, 3.05) is 18.8 Å². The van der Waals surface area contributed by atoms with Crippen molar-refractivity contribution >= 4 is 39.4 Å². The van der Waals surface area contributed by atoms with Crippen LogP contribution in [0.1, 0.15) is 91.5 Å². The molecule has 1 aliphatic heterocycles. The maximum atomic E-state index is 14.5. The molecule has 1 aromatic carbocycles. The third kappa shape index (κ3) is 10.2. The van der Waals surface area contributed by atoms with E-state index in [1.165, 1.54) is 4.90 Å². The number of benzene rings is 1. The Balaban J connectivity index is 1.53. The van der Waals surface area contributed by atoms with Crippen LogP contribution in [0.2, 0.25) is 0 Å². The number of sulfone groups is 1. The summed E-state index contributed by atoms with van der Waals surface area (Å²) in [6.07, 6.45) is 14.5. The summed E-state index contributed by atoms with van der Waals surface area (Å²) in [7, 11) is -3.62. The van der Waals surface area contributed by atoms with Crippen LogP contribution < -0.4 is 21.3 Å². The van der Waals surface area contributed by atoms with Crippen molar-refractivity contribution in [3.63, 3.8) is 0 Å². The van der Waals surface area contributed by atoms with Gasteiger partial charge in [0.05, 0.1) is 23.1 Å². The molecule has 2 unspecified atom stereocenters. The minimum atomic E-state index is -3.62. The van der Waals surface area contributed by atoms with Crippen LogP contribution in [0.25, 0.3) is 0 Å². The third-order valence-corrected chi connectivity index (χ3v) is 12.8. The molecule has 5 atom stereocenters. The van der Waals surface area contributed by atoms with Gasteiger partial charge >= 0.3 is 6.03 Å². The van der Waals surface area contributed by atoms with E-state index in [2.05, 4.69) is 33.1 Å². The molecule has 13 heteroatoms. The first-order chi connectivity index (χ1) is 24.9. The molecule has 4 rings (SSSR count). The van der Waals surface area contributed by atoms with E-state index < -0.39 is 68.5 Å². The highest BCUT2D eigenvalue weighted by Crippen LogP contribution is 2.65. The molecular formula is C40H55N5O7S. The molecule has 1 aromatic rings. The van der Waals surface area contributed by atoms with Crippen LogP contribution in [0, 0.1) is 47.4 Å².